The Bertz CT molecular complexity index is 229. The summed E-state index contributed by atoms with van der Waals surface area (Å²) in [4.78, 5) is 27.9. The van der Waals surface area contributed by atoms with E-state index < -0.39 is 0 Å². The number of nitrogens with zero attached hydrogens (tertiary/aromatic N) is 2. The van der Waals surface area contributed by atoms with Gasteiger partial charge in [-0.2, -0.15) is 0 Å². The highest BCUT2D eigenvalue weighted by Gasteiger charge is 2.19. The van der Waals surface area contributed by atoms with Crippen LogP contribution >= 0.6 is 0 Å². The quantitative estimate of drug-likeness (QED) is 0.573. The van der Waals surface area contributed by atoms with Crippen molar-refractivity contribution < 1.29 is 9.59 Å². The van der Waals surface area contributed by atoms with Crippen LogP contribution < -0.4 is 0 Å². The second kappa shape index (κ2) is 10.8. The van der Waals surface area contributed by atoms with Crippen molar-refractivity contribution in [1.29, 1.82) is 0 Å². The van der Waals surface area contributed by atoms with Crippen molar-refractivity contribution in [2.24, 2.45) is 0 Å². The van der Waals surface area contributed by atoms with Gasteiger partial charge < -0.3 is 9.80 Å². The SMILES string of the molecule is CCCN(CCC)C(=O)CC(=O)N(CCC)CCC. The normalized spacial score (nSPS) is 10.3. The van der Waals surface area contributed by atoms with Gasteiger partial charge in [-0.15, -0.1) is 0 Å². The summed E-state index contributed by atoms with van der Waals surface area (Å²) >= 11 is 0. The van der Waals surface area contributed by atoms with Crippen LogP contribution in [0.4, 0.5) is 0 Å². The Morgan fingerprint density at radius 3 is 1.11 bits per heavy atom. The summed E-state index contributed by atoms with van der Waals surface area (Å²) in [6, 6.07) is 0. The first kappa shape index (κ1) is 17.9. The molecule has 0 aliphatic rings. The van der Waals surface area contributed by atoms with Gasteiger partial charge in [0, 0.05) is 26.2 Å². The highest BCUT2D eigenvalue weighted by atomic mass is 16.2. The fourth-order valence-corrected chi connectivity index (χ4v) is 2.16. The topological polar surface area (TPSA) is 40.6 Å². The zero-order valence-electron chi connectivity index (χ0n) is 13.1. The molecule has 0 aromatic heterocycles. The molecule has 0 fully saturated rings. The number of rotatable bonds is 10. The number of carbonyl (C=O) groups excluding carboxylic acids is 2. The lowest BCUT2D eigenvalue weighted by Gasteiger charge is -2.25. The van der Waals surface area contributed by atoms with Gasteiger partial charge in [-0.3, -0.25) is 9.59 Å². The number of hydrogen-bond donors (Lipinski definition) is 0. The molecule has 4 nitrogen and oxygen atoms in total. The largest absolute Gasteiger partial charge is 0.342 e. The van der Waals surface area contributed by atoms with Gasteiger partial charge in [-0.05, 0) is 25.7 Å². The fourth-order valence-electron chi connectivity index (χ4n) is 2.16. The van der Waals surface area contributed by atoms with Gasteiger partial charge in [-0.25, -0.2) is 0 Å². The van der Waals surface area contributed by atoms with Crippen molar-refractivity contribution in [1.82, 2.24) is 9.80 Å². The summed E-state index contributed by atoms with van der Waals surface area (Å²) in [7, 11) is 0. The highest BCUT2D eigenvalue weighted by molar-refractivity contribution is 5.96. The number of hydrogen-bond acceptors (Lipinski definition) is 2. The molecule has 0 saturated carbocycles. The Morgan fingerprint density at radius 1 is 0.632 bits per heavy atom. The van der Waals surface area contributed by atoms with Crippen molar-refractivity contribution >= 4 is 11.8 Å². The van der Waals surface area contributed by atoms with Crippen molar-refractivity contribution in [2.45, 2.75) is 59.8 Å². The predicted molar refractivity (Wildman–Crippen MR) is 78.9 cm³/mol. The zero-order chi connectivity index (χ0) is 14.7. The molecule has 0 radical (unpaired) electrons. The molecule has 112 valence electrons. The lowest BCUT2D eigenvalue weighted by atomic mass is 10.2. The van der Waals surface area contributed by atoms with Gasteiger partial charge in [0.25, 0.3) is 0 Å². The van der Waals surface area contributed by atoms with E-state index in [0.717, 1.165) is 51.9 Å². The average Bonchev–Trinajstić information content (AvgIpc) is 2.38. The first-order valence-electron chi connectivity index (χ1n) is 7.66. The minimum atomic E-state index is -0.0223. The Kier molecular flexibility index (Phi) is 10.2. The van der Waals surface area contributed by atoms with E-state index in [4.69, 9.17) is 0 Å². The van der Waals surface area contributed by atoms with Gasteiger partial charge in [0.05, 0.1) is 0 Å². The molecule has 0 unspecified atom stereocenters. The van der Waals surface area contributed by atoms with Crippen molar-refractivity contribution in [3.05, 3.63) is 0 Å². The molecule has 0 aromatic rings. The van der Waals surface area contributed by atoms with Crippen molar-refractivity contribution in [3.8, 4) is 0 Å². The highest BCUT2D eigenvalue weighted by Crippen LogP contribution is 2.04. The van der Waals surface area contributed by atoms with Crippen molar-refractivity contribution in [3.63, 3.8) is 0 Å². The molecule has 0 rings (SSSR count). The van der Waals surface area contributed by atoms with E-state index >= 15 is 0 Å². The summed E-state index contributed by atoms with van der Waals surface area (Å²) < 4.78 is 0. The molecule has 0 atom stereocenters. The first-order chi connectivity index (χ1) is 9.10. The second-order valence-corrected chi connectivity index (χ2v) is 4.94. The smallest absolute Gasteiger partial charge is 0.232 e. The molecule has 0 heterocycles. The average molecular weight is 270 g/mol. The maximum Gasteiger partial charge on any atom is 0.232 e. The lowest BCUT2D eigenvalue weighted by molar-refractivity contribution is -0.140. The molecule has 0 saturated heterocycles. The number of carbonyl (C=O) groups is 2. The third-order valence-corrected chi connectivity index (χ3v) is 2.98. The summed E-state index contributed by atoms with van der Waals surface area (Å²) in [6.07, 6.45) is 3.78. The Balaban J connectivity index is 4.43. The third kappa shape index (κ3) is 7.19. The molecule has 0 aromatic carbocycles. The predicted octanol–water partition coefficient (Wildman–Crippen LogP) is 2.67. The molecule has 0 spiro atoms. The summed E-state index contributed by atoms with van der Waals surface area (Å²) in [5.41, 5.74) is 0. The van der Waals surface area contributed by atoms with E-state index in [1.165, 1.54) is 0 Å². The van der Waals surface area contributed by atoms with E-state index in [1.807, 2.05) is 9.80 Å². The van der Waals surface area contributed by atoms with Crippen LogP contribution in [0.3, 0.4) is 0 Å². The minimum Gasteiger partial charge on any atom is -0.342 e. The maximum atomic E-state index is 12.1. The standard InChI is InChI=1S/C15H30N2O2/c1-5-9-16(10-6-2)14(18)13-15(19)17(11-7-3)12-8-4/h5-13H2,1-4H3. The molecule has 0 aliphatic heterocycles. The Labute approximate surface area is 118 Å². The fraction of sp³-hybridized carbons (Fsp3) is 0.867. The van der Waals surface area contributed by atoms with Gasteiger partial charge >= 0.3 is 0 Å². The monoisotopic (exact) mass is 270 g/mol. The van der Waals surface area contributed by atoms with E-state index in [-0.39, 0.29) is 18.2 Å². The first-order valence-corrected chi connectivity index (χ1v) is 7.66. The van der Waals surface area contributed by atoms with Crippen molar-refractivity contribution in [2.75, 3.05) is 26.2 Å². The Morgan fingerprint density at radius 2 is 0.895 bits per heavy atom. The summed E-state index contributed by atoms with van der Waals surface area (Å²) in [5.74, 6) is -0.0446. The summed E-state index contributed by atoms with van der Waals surface area (Å²) in [5, 5.41) is 0. The zero-order valence-corrected chi connectivity index (χ0v) is 13.1. The maximum absolute atomic E-state index is 12.1. The van der Waals surface area contributed by atoms with Crippen LogP contribution in [-0.4, -0.2) is 47.8 Å². The third-order valence-electron chi connectivity index (χ3n) is 2.98. The molecule has 0 aliphatic carbocycles. The molecule has 4 heteroatoms. The van der Waals surface area contributed by atoms with E-state index in [1.54, 1.807) is 0 Å². The van der Waals surface area contributed by atoms with Gasteiger partial charge in [0.15, 0.2) is 0 Å². The molecule has 2 amide bonds. The van der Waals surface area contributed by atoms with Gasteiger partial charge in [0.1, 0.15) is 6.42 Å². The van der Waals surface area contributed by atoms with Crippen LogP contribution in [0.15, 0.2) is 0 Å². The van der Waals surface area contributed by atoms with Crippen LogP contribution in [0.5, 0.6) is 0 Å². The molecular weight excluding hydrogens is 240 g/mol. The van der Waals surface area contributed by atoms with E-state index in [0.29, 0.717) is 0 Å². The Hall–Kier alpha value is -1.06. The summed E-state index contributed by atoms with van der Waals surface area (Å²) in [6.45, 7) is 11.2. The van der Waals surface area contributed by atoms with E-state index in [9.17, 15) is 9.59 Å². The van der Waals surface area contributed by atoms with Gasteiger partial charge in [0.2, 0.25) is 11.8 Å². The minimum absolute atomic E-state index is 0.0223. The van der Waals surface area contributed by atoms with Crippen LogP contribution in [0.1, 0.15) is 59.8 Å². The molecule has 19 heavy (non-hydrogen) atoms. The van der Waals surface area contributed by atoms with Gasteiger partial charge in [-0.1, -0.05) is 27.7 Å². The molecule has 0 bridgehead atoms. The molecule has 0 N–H and O–H groups in total. The van der Waals surface area contributed by atoms with Crippen LogP contribution in [0.2, 0.25) is 0 Å². The van der Waals surface area contributed by atoms with Crippen LogP contribution in [0, 0.1) is 0 Å². The molecular formula is C15H30N2O2. The number of amides is 2. The van der Waals surface area contributed by atoms with Crippen LogP contribution in [-0.2, 0) is 9.59 Å². The second-order valence-electron chi connectivity index (χ2n) is 4.94. The van der Waals surface area contributed by atoms with E-state index in [2.05, 4.69) is 27.7 Å². The lowest BCUT2D eigenvalue weighted by Crippen LogP contribution is -2.39. The van der Waals surface area contributed by atoms with Crippen LogP contribution in [0.25, 0.3) is 0 Å².